The summed E-state index contributed by atoms with van der Waals surface area (Å²) in [6.45, 7) is 2.86. The van der Waals surface area contributed by atoms with Crippen molar-refractivity contribution in [2.45, 2.75) is 39.8 Å². The maximum absolute atomic E-state index is 12.4. The molecule has 1 aromatic heterocycles. The van der Waals surface area contributed by atoms with Crippen molar-refractivity contribution in [2.75, 3.05) is 6.61 Å². The molecule has 1 amide bonds. The number of rotatable bonds is 9. The summed E-state index contributed by atoms with van der Waals surface area (Å²) in [5.74, 6) is 1.07. The molecule has 3 aromatic rings. The van der Waals surface area contributed by atoms with E-state index in [0.717, 1.165) is 16.8 Å². The number of benzene rings is 2. The van der Waals surface area contributed by atoms with Crippen LogP contribution in [0.4, 0.5) is 13.2 Å². The lowest BCUT2D eigenvalue weighted by molar-refractivity contribution is -0.176. The fraction of sp³-hybridized carbons (Fsp3) is 0.304. The van der Waals surface area contributed by atoms with Gasteiger partial charge >= 0.3 is 6.18 Å². The van der Waals surface area contributed by atoms with Gasteiger partial charge in [-0.25, -0.2) is 0 Å². The van der Waals surface area contributed by atoms with Crippen molar-refractivity contribution >= 4 is 5.91 Å². The molecular weight excluding hydrogens is 425 g/mol. The number of aryl methyl sites for hydroxylation is 2. The first-order chi connectivity index (χ1) is 15.2. The zero-order valence-corrected chi connectivity index (χ0v) is 17.7. The highest BCUT2D eigenvalue weighted by atomic mass is 19.4. The Balaban J connectivity index is 1.45. The average molecular weight is 448 g/mol. The highest BCUT2D eigenvalue weighted by Crippen LogP contribution is 2.18. The van der Waals surface area contributed by atoms with E-state index in [1.807, 2.05) is 13.8 Å². The minimum Gasteiger partial charge on any atom is -0.489 e. The standard InChI is InChI=1S/C23H23F3N2O4/c1-15-21(16(2)32-28-15)13-31-20-9-7-19(8-10-20)22(29)27-11-17-3-5-18(6-4-17)12-30-14-23(24,25)26/h3-10H,11-14H2,1-2H3,(H,27,29). The third-order valence-electron chi connectivity index (χ3n) is 4.69. The van der Waals surface area contributed by atoms with Crippen molar-refractivity contribution in [2.24, 2.45) is 0 Å². The Kier molecular flexibility index (Phi) is 7.53. The molecule has 1 heterocycles. The van der Waals surface area contributed by atoms with Crippen LogP contribution in [-0.2, 0) is 24.5 Å². The summed E-state index contributed by atoms with van der Waals surface area (Å²) >= 11 is 0. The maximum Gasteiger partial charge on any atom is 0.411 e. The summed E-state index contributed by atoms with van der Waals surface area (Å²) in [4.78, 5) is 12.4. The molecule has 0 saturated carbocycles. The van der Waals surface area contributed by atoms with E-state index >= 15 is 0 Å². The van der Waals surface area contributed by atoms with E-state index in [2.05, 4.69) is 15.2 Å². The first kappa shape index (κ1) is 23.3. The third-order valence-corrected chi connectivity index (χ3v) is 4.69. The van der Waals surface area contributed by atoms with Crippen LogP contribution in [0.2, 0.25) is 0 Å². The van der Waals surface area contributed by atoms with Gasteiger partial charge in [-0.2, -0.15) is 13.2 Å². The lowest BCUT2D eigenvalue weighted by Crippen LogP contribution is -2.22. The molecule has 0 aliphatic heterocycles. The Morgan fingerprint density at radius 3 is 2.25 bits per heavy atom. The second kappa shape index (κ2) is 10.3. The third kappa shape index (κ3) is 6.84. The van der Waals surface area contributed by atoms with E-state index < -0.39 is 12.8 Å². The smallest absolute Gasteiger partial charge is 0.411 e. The molecule has 9 heteroatoms. The van der Waals surface area contributed by atoms with Crippen LogP contribution in [-0.4, -0.2) is 23.8 Å². The van der Waals surface area contributed by atoms with Gasteiger partial charge < -0.3 is 19.3 Å². The monoisotopic (exact) mass is 448 g/mol. The topological polar surface area (TPSA) is 73.6 Å². The minimum absolute atomic E-state index is 0.128. The summed E-state index contributed by atoms with van der Waals surface area (Å²) < 4.78 is 51.8. The predicted octanol–water partition coefficient (Wildman–Crippen LogP) is 4.88. The summed E-state index contributed by atoms with van der Waals surface area (Å²) in [6, 6.07) is 13.6. The number of nitrogens with zero attached hydrogens (tertiary/aromatic N) is 1. The van der Waals surface area contributed by atoms with E-state index in [1.165, 1.54) is 0 Å². The number of carbonyl (C=O) groups excluding carboxylic acids is 1. The zero-order chi connectivity index (χ0) is 23.1. The average Bonchev–Trinajstić information content (AvgIpc) is 3.08. The van der Waals surface area contributed by atoms with Crippen LogP contribution in [0.3, 0.4) is 0 Å². The Bertz CT molecular complexity index is 1010. The molecule has 0 atom stereocenters. The van der Waals surface area contributed by atoms with E-state index in [-0.39, 0.29) is 19.1 Å². The highest BCUT2D eigenvalue weighted by molar-refractivity contribution is 5.94. The number of amides is 1. The summed E-state index contributed by atoms with van der Waals surface area (Å²) in [6.07, 6.45) is -4.34. The SMILES string of the molecule is Cc1noc(C)c1COc1ccc(C(=O)NCc2ccc(COCC(F)(F)F)cc2)cc1. The number of aromatic nitrogens is 1. The number of ether oxygens (including phenoxy) is 2. The quantitative estimate of drug-likeness (QED) is 0.505. The molecular formula is C23H23F3N2O4. The van der Waals surface area contributed by atoms with Crippen LogP contribution < -0.4 is 10.1 Å². The van der Waals surface area contributed by atoms with Gasteiger partial charge in [0.2, 0.25) is 0 Å². The second-order valence-electron chi connectivity index (χ2n) is 7.22. The fourth-order valence-corrected chi connectivity index (χ4v) is 2.89. The number of alkyl halides is 3. The number of halogens is 3. The van der Waals surface area contributed by atoms with E-state index in [4.69, 9.17) is 9.26 Å². The molecule has 6 nitrogen and oxygen atoms in total. The Labute approximate surface area is 183 Å². The fourth-order valence-electron chi connectivity index (χ4n) is 2.89. The molecule has 1 N–H and O–H groups in total. The summed E-state index contributed by atoms with van der Waals surface area (Å²) in [7, 11) is 0. The van der Waals surface area contributed by atoms with Gasteiger partial charge in [-0.3, -0.25) is 4.79 Å². The number of nitrogens with one attached hydrogen (secondary N) is 1. The van der Waals surface area contributed by atoms with Crippen molar-refractivity contribution in [1.29, 1.82) is 0 Å². The van der Waals surface area contributed by atoms with E-state index in [9.17, 15) is 18.0 Å². The van der Waals surface area contributed by atoms with Crippen molar-refractivity contribution in [1.82, 2.24) is 10.5 Å². The van der Waals surface area contributed by atoms with Gasteiger partial charge in [0.1, 0.15) is 24.7 Å². The Hall–Kier alpha value is -3.33. The summed E-state index contributed by atoms with van der Waals surface area (Å²) in [5.41, 5.74) is 3.59. The molecule has 0 aliphatic carbocycles. The van der Waals surface area contributed by atoms with Crippen LogP contribution >= 0.6 is 0 Å². The first-order valence-corrected chi connectivity index (χ1v) is 9.86. The first-order valence-electron chi connectivity index (χ1n) is 9.86. The van der Waals surface area contributed by atoms with Crippen LogP contribution in [0, 0.1) is 13.8 Å². The van der Waals surface area contributed by atoms with Crippen molar-refractivity contribution in [3.63, 3.8) is 0 Å². The van der Waals surface area contributed by atoms with Gasteiger partial charge in [0.15, 0.2) is 0 Å². The van der Waals surface area contributed by atoms with Gasteiger partial charge in [-0.15, -0.1) is 0 Å². The second-order valence-corrected chi connectivity index (χ2v) is 7.22. The van der Waals surface area contributed by atoms with Crippen LogP contribution in [0.1, 0.15) is 38.5 Å². The van der Waals surface area contributed by atoms with Crippen molar-refractivity contribution in [3.8, 4) is 5.75 Å². The van der Waals surface area contributed by atoms with Crippen LogP contribution in [0.5, 0.6) is 5.75 Å². The molecule has 0 aliphatic rings. The lowest BCUT2D eigenvalue weighted by atomic mass is 10.1. The molecule has 0 bridgehead atoms. The van der Waals surface area contributed by atoms with E-state index in [0.29, 0.717) is 29.2 Å². The molecule has 32 heavy (non-hydrogen) atoms. The molecule has 0 unspecified atom stereocenters. The maximum atomic E-state index is 12.4. The molecule has 0 saturated heterocycles. The van der Waals surface area contributed by atoms with Gasteiger partial charge in [0, 0.05) is 12.1 Å². The van der Waals surface area contributed by atoms with Gasteiger partial charge in [-0.1, -0.05) is 29.4 Å². The van der Waals surface area contributed by atoms with Gasteiger partial charge in [-0.05, 0) is 49.2 Å². The highest BCUT2D eigenvalue weighted by Gasteiger charge is 2.27. The molecule has 2 aromatic carbocycles. The van der Waals surface area contributed by atoms with Crippen LogP contribution in [0.25, 0.3) is 0 Å². The van der Waals surface area contributed by atoms with Gasteiger partial charge in [0.05, 0.1) is 17.9 Å². The number of hydrogen-bond acceptors (Lipinski definition) is 5. The number of hydrogen-bond donors (Lipinski definition) is 1. The minimum atomic E-state index is -4.34. The predicted molar refractivity (Wildman–Crippen MR) is 110 cm³/mol. The van der Waals surface area contributed by atoms with Crippen molar-refractivity contribution in [3.05, 3.63) is 82.2 Å². The molecule has 3 rings (SSSR count). The van der Waals surface area contributed by atoms with Crippen molar-refractivity contribution < 1.29 is 32.0 Å². The Morgan fingerprint density at radius 2 is 1.66 bits per heavy atom. The normalized spacial score (nSPS) is 11.4. The van der Waals surface area contributed by atoms with E-state index in [1.54, 1.807) is 48.5 Å². The van der Waals surface area contributed by atoms with Crippen LogP contribution in [0.15, 0.2) is 53.1 Å². The Morgan fingerprint density at radius 1 is 1.00 bits per heavy atom. The number of carbonyl (C=O) groups is 1. The largest absolute Gasteiger partial charge is 0.489 e. The summed E-state index contributed by atoms with van der Waals surface area (Å²) in [5, 5.41) is 6.69. The molecule has 0 radical (unpaired) electrons. The van der Waals surface area contributed by atoms with Gasteiger partial charge in [0.25, 0.3) is 5.91 Å². The zero-order valence-electron chi connectivity index (χ0n) is 17.7. The molecule has 170 valence electrons. The lowest BCUT2D eigenvalue weighted by Gasteiger charge is -2.09. The molecule has 0 fully saturated rings. The molecule has 0 spiro atoms.